The largest absolute Gasteiger partial charge is 0.399 e. The lowest BCUT2D eigenvalue weighted by Gasteiger charge is -2.39. The molecule has 1 amide bonds. The molecule has 0 spiro atoms. The predicted octanol–water partition coefficient (Wildman–Crippen LogP) is 4.43. The van der Waals surface area contributed by atoms with Gasteiger partial charge < -0.3 is 25.3 Å². The highest BCUT2D eigenvalue weighted by Crippen LogP contribution is 2.35. The molecule has 2 aliphatic heterocycles. The first kappa shape index (κ1) is 23.3. The molecule has 0 bridgehead atoms. The van der Waals surface area contributed by atoms with Crippen LogP contribution in [0.5, 0.6) is 0 Å². The third-order valence-corrected chi connectivity index (χ3v) is 7.12. The van der Waals surface area contributed by atoms with Crippen LogP contribution in [0.3, 0.4) is 0 Å². The Hall–Kier alpha value is -3.43. The first-order valence-corrected chi connectivity index (χ1v) is 12.0. The van der Waals surface area contributed by atoms with Gasteiger partial charge in [0.05, 0.1) is 17.4 Å². The standard InChI is InChI=1S/C25H31F2N7O/c1-24(2)5-10-32(11-6-24)19-15-17(28)3-4-18(19)23(35)31-20-16-34-14-9-29-21(34)22(30-20)33-12-7-25(26,27)8-13-33/h3-4,9,14-16H,5-8,10-13,28H2,1-2H3,(H,31,35). The van der Waals surface area contributed by atoms with Gasteiger partial charge in [0.25, 0.3) is 11.8 Å². The van der Waals surface area contributed by atoms with Crippen LogP contribution in [0.4, 0.5) is 31.8 Å². The van der Waals surface area contributed by atoms with Crippen molar-refractivity contribution in [3.63, 3.8) is 0 Å². The van der Waals surface area contributed by atoms with Gasteiger partial charge in [0.15, 0.2) is 17.3 Å². The second-order valence-corrected chi connectivity index (χ2v) is 10.3. The van der Waals surface area contributed by atoms with Gasteiger partial charge in [0, 0.05) is 57.1 Å². The minimum atomic E-state index is -2.66. The van der Waals surface area contributed by atoms with Crippen molar-refractivity contribution in [1.82, 2.24) is 14.4 Å². The van der Waals surface area contributed by atoms with Crippen molar-refractivity contribution in [3.05, 3.63) is 42.4 Å². The predicted molar refractivity (Wildman–Crippen MR) is 133 cm³/mol. The van der Waals surface area contributed by atoms with E-state index in [1.165, 1.54) is 0 Å². The lowest BCUT2D eigenvalue weighted by atomic mass is 9.82. The smallest absolute Gasteiger partial charge is 0.258 e. The van der Waals surface area contributed by atoms with E-state index in [-0.39, 0.29) is 37.3 Å². The summed E-state index contributed by atoms with van der Waals surface area (Å²) < 4.78 is 29.2. The average Bonchev–Trinajstić information content (AvgIpc) is 3.27. The summed E-state index contributed by atoms with van der Waals surface area (Å²) >= 11 is 0. The molecular weight excluding hydrogens is 452 g/mol. The highest BCUT2D eigenvalue weighted by molar-refractivity contribution is 6.08. The first-order chi connectivity index (χ1) is 16.6. The van der Waals surface area contributed by atoms with Gasteiger partial charge in [-0.2, -0.15) is 0 Å². The fourth-order valence-electron chi connectivity index (χ4n) is 4.77. The van der Waals surface area contributed by atoms with Crippen LogP contribution in [0.25, 0.3) is 5.65 Å². The summed E-state index contributed by atoms with van der Waals surface area (Å²) in [4.78, 5) is 26.4. The van der Waals surface area contributed by atoms with E-state index in [9.17, 15) is 13.6 Å². The van der Waals surface area contributed by atoms with Crippen LogP contribution in [-0.4, -0.2) is 52.4 Å². The Kier molecular flexibility index (Phi) is 5.77. The molecule has 0 aliphatic carbocycles. The van der Waals surface area contributed by atoms with E-state index in [0.29, 0.717) is 28.5 Å². The molecule has 0 unspecified atom stereocenters. The number of nitrogens with two attached hydrogens (primary N) is 1. The van der Waals surface area contributed by atoms with Crippen LogP contribution in [0.1, 0.15) is 49.9 Å². The van der Waals surface area contributed by atoms with E-state index in [4.69, 9.17) is 5.73 Å². The molecule has 3 aromatic rings. The van der Waals surface area contributed by atoms with Gasteiger partial charge in [-0.1, -0.05) is 13.8 Å². The highest BCUT2D eigenvalue weighted by Gasteiger charge is 2.35. The van der Waals surface area contributed by atoms with Gasteiger partial charge in [-0.25, -0.2) is 18.7 Å². The second kappa shape index (κ2) is 8.66. The normalized spacial score (nSPS) is 19.7. The van der Waals surface area contributed by atoms with E-state index < -0.39 is 5.92 Å². The Morgan fingerprint density at radius 2 is 1.74 bits per heavy atom. The maximum absolute atomic E-state index is 13.7. The molecule has 0 saturated carbocycles. The summed E-state index contributed by atoms with van der Waals surface area (Å²) in [6.07, 6.45) is 6.64. The van der Waals surface area contributed by atoms with Gasteiger partial charge >= 0.3 is 0 Å². The molecule has 0 radical (unpaired) electrons. The number of amides is 1. The molecule has 8 nitrogen and oxygen atoms in total. The molecular formula is C25H31F2N7O. The Morgan fingerprint density at radius 3 is 2.46 bits per heavy atom. The molecule has 0 atom stereocenters. The summed E-state index contributed by atoms with van der Waals surface area (Å²) in [5.74, 6) is -2.15. The van der Waals surface area contributed by atoms with Crippen LogP contribution >= 0.6 is 0 Å². The van der Waals surface area contributed by atoms with Crippen molar-refractivity contribution in [1.29, 1.82) is 0 Å². The van der Waals surface area contributed by atoms with Crippen molar-refractivity contribution in [2.75, 3.05) is 47.0 Å². The fourth-order valence-corrected chi connectivity index (χ4v) is 4.77. The van der Waals surface area contributed by atoms with Crippen LogP contribution in [0, 0.1) is 5.41 Å². The number of nitrogens with one attached hydrogen (secondary N) is 1. The number of hydrogen-bond acceptors (Lipinski definition) is 6. The van der Waals surface area contributed by atoms with Crippen molar-refractivity contribution in [2.45, 2.75) is 45.5 Å². The summed E-state index contributed by atoms with van der Waals surface area (Å²) in [7, 11) is 0. The molecule has 10 heteroatoms. The quantitative estimate of drug-likeness (QED) is 0.534. The van der Waals surface area contributed by atoms with E-state index in [2.05, 4.69) is 34.0 Å². The van der Waals surface area contributed by atoms with Crippen LogP contribution in [-0.2, 0) is 0 Å². The van der Waals surface area contributed by atoms with Crippen molar-refractivity contribution in [3.8, 4) is 0 Å². The Balaban J connectivity index is 1.42. The molecule has 1 aromatic carbocycles. The number of benzene rings is 1. The van der Waals surface area contributed by atoms with E-state index >= 15 is 0 Å². The van der Waals surface area contributed by atoms with E-state index in [1.807, 2.05) is 6.07 Å². The van der Waals surface area contributed by atoms with Gasteiger partial charge in [0.1, 0.15) is 0 Å². The topological polar surface area (TPSA) is 91.8 Å². The summed E-state index contributed by atoms with van der Waals surface area (Å²) in [6, 6.07) is 5.31. The molecule has 2 saturated heterocycles. The van der Waals surface area contributed by atoms with Gasteiger partial charge in [-0.15, -0.1) is 0 Å². The number of carbonyl (C=O) groups is 1. The van der Waals surface area contributed by atoms with E-state index in [1.54, 1.807) is 40.0 Å². The van der Waals surface area contributed by atoms with Crippen LogP contribution < -0.4 is 20.9 Å². The molecule has 2 aliphatic rings. The molecule has 2 aromatic heterocycles. The number of nitrogen functional groups attached to an aromatic ring is 1. The third kappa shape index (κ3) is 4.87. The first-order valence-electron chi connectivity index (χ1n) is 12.0. The zero-order valence-corrected chi connectivity index (χ0v) is 20.1. The number of piperidine rings is 2. The lowest BCUT2D eigenvalue weighted by Crippen LogP contribution is -2.40. The Labute approximate surface area is 203 Å². The monoisotopic (exact) mass is 483 g/mol. The summed E-state index contributed by atoms with van der Waals surface area (Å²) in [5, 5.41) is 2.91. The van der Waals surface area contributed by atoms with Gasteiger partial charge in [0.2, 0.25) is 0 Å². The lowest BCUT2D eigenvalue weighted by molar-refractivity contribution is -0.0221. The van der Waals surface area contributed by atoms with Gasteiger partial charge in [-0.05, 0) is 36.5 Å². The molecule has 186 valence electrons. The average molecular weight is 484 g/mol. The number of carbonyl (C=O) groups excluding carboxylic acids is 1. The zero-order chi connectivity index (χ0) is 24.8. The van der Waals surface area contributed by atoms with Crippen LogP contribution in [0.2, 0.25) is 0 Å². The maximum Gasteiger partial charge on any atom is 0.258 e. The number of aromatic nitrogens is 3. The zero-order valence-electron chi connectivity index (χ0n) is 20.1. The summed E-state index contributed by atoms with van der Waals surface area (Å²) in [5.41, 5.74) is 8.84. The maximum atomic E-state index is 13.7. The Morgan fingerprint density at radius 1 is 1.06 bits per heavy atom. The van der Waals surface area contributed by atoms with Crippen molar-refractivity contribution in [2.24, 2.45) is 5.41 Å². The van der Waals surface area contributed by atoms with Crippen LogP contribution in [0.15, 0.2) is 36.8 Å². The van der Waals surface area contributed by atoms with Crippen molar-refractivity contribution < 1.29 is 13.6 Å². The fraction of sp³-hybridized carbons (Fsp3) is 0.480. The molecule has 3 N–H and O–H groups in total. The number of nitrogens with zero attached hydrogens (tertiary/aromatic N) is 5. The number of rotatable bonds is 4. The SMILES string of the molecule is CC1(C)CCN(c2cc(N)ccc2C(=O)Nc2cn3ccnc3c(N3CCC(F)(F)CC3)n2)CC1. The molecule has 2 fully saturated rings. The minimum Gasteiger partial charge on any atom is -0.399 e. The molecule has 5 rings (SSSR count). The Bertz CT molecular complexity index is 1240. The third-order valence-electron chi connectivity index (χ3n) is 7.12. The molecule has 4 heterocycles. The summed E-state index contributed by atoms with van der Waals surface area (Å²) in [6.45, 7) is 6.56. The number of anilines is 4. The number of hydrogen-bond donors (Lipinski definition) is 2. The number of alkyl halides is 2. The second-order valence-electron chi connectivity index (χ2n) is 10.3. The highest BCUT2D eigenvalue weighted by atomic mass is 19.3. The number of halogens is 2. The molecule has 35 heavy (non-hydrogen) atoms. The minimum absolute atomic E-state index is 0.174. The van der Waals surface area contributed by atoms with Gasteiger partial charge in [-0.3, -0.25) is 4.79 Å². The number of fused-ring (bicyclic) bond motifs is 1. The number of imidazole rings is 1. The van der Waals surface area contributed by atoms with Crippen molar-refractivity contribution >= 4 is 34.6 Å². The van der Waals surface area contributed by atoms with E-state index in [0.717, 1.165) is 31.6 Å².